The minimum absolute atomic E-state index is 0.0362. The van der Waals surface area contributed by atoms with Gasteiger partial charge in [-0.2, -0.15) is 0 Å². The number of benzene rings is 1. The molecule has 0 saturated carbocycles. The maximum absolute atomic E-state index is 13.4. The number of anilines is 1. The van der Waals surface area contributed by atoms with Gasteiger partial charge in [-0.3, -0.25) is 0 Å². The molecule has 0 spiro atoms. The summed E-state index contributed by atoms with van der Waals surface area (Å²) in [6.45, 7) is 2.24. The molecule has 1 aromatic rings. The van der Waals surface area contributed by atoms with Crippen LogP contribution in [0.5, 0.6) is 0 Å². The fourth-order valence-electron chi connectivity index (χ4n) is 1.06. The number of halogens is 2. The predicted octanol–water partition coefficient (Wildman–Crippen LogP) is 2.61. The molecule has 0 amide bonds. The third-order valence-corrected chi connectivity index (χ3v) is 1.99. The summed E-state index contributed by atoms with van der Waals surface area (Å²) >= 11 is 5.69. The average Bonchev–Trinajstić information content (AvgIpc) is 2.11. The van der Waals surface area contributed by atoms with Gasteiger partial charge in [0.1, 0.15) is 0 Å². The zero-order valence-electron chi connectivity index (χ0n) is 7.47. The van der Waals surface area contributed by atoms with E-state index in [1.54, 1.807) is 6.92 Å². The van der Waals surface area contributed by atoms with Crippen LogP contribution in [0.1, 0.15) is 17.3 Å². The lowest BCUT2D eigenvalue weighted by atomic mass is 10.2. The highest BCUT2D eigenvalue weighted by Gasteiger charge is 2.16. The van der Waals surface area contributed by atoms with Crippen LogP contribution in [0.2, 0.25) is 5.02 Å². The second-order valence-corrected chi connectivity index (χ2v) is 3.03. The Bertz CT molecular complexity index is 368. The first-order valence-electron chi connectivity index (χ1n) is 4.03. The molecule has 1 rings (SSSR count). The first kappa shape index (κ1) is 10.8. The Hall–Kier alpha value is -1.29. The molecular formula is C9H9ClFNO2. The van der Waals surface area contributed by atoms with E-state index in [1.165, 1.54) is 6.07 Å². The zero-order valence-corrected chi connectivity index (χ0v) is 8.23. The molecule has 3 nitrogen and oxygen atoms in total. The lowest BCUT2D eigenvalue weighted by molar-refractivity contribution is 0.0692. The topological polar surface area (TPSA) is 49.3 Å². The largest absolute Gasteiger partial charge is 0.478 e. The van der Waals surface area contributed by atoms with Crippen LogP contribution in [-0.4, -0.2) is 17.6 Å². The average molecular weight is 218 g/mol. The van der Waals surface area contributed by atoms with Gasteiger partial charge in [0.2, 0.25) is 0 Å². The quantitative estimate of drug-likeness (QED) is 0.818. The van der Waals surface area contributed by atoms with Gasteiger partial charge in [0.05, 0.1) is 16.3 Å². The van der Waals surface area contributed by atoms with Gasteiger partial charge < -0.3 is 10.4 Å². The van der Waals surface area contributed by atoms with Crippen LogP contribution in [-0.2, 0) is 0 Å². The number of nitrogens with one attached hydrogen (secondary N) is 1. The molecule has 0 atom stereocenters. The highest BCUT2D eigenvalue weighted by molar-refractivity contribution is 6.33. The van der Waals surface area contributed by atoms with Gasteiger partial charge in [-0.25, -0.2) is 9.18 Å². The third kappa shape index (κ3) is 1.96. The second kappa shape index (κ2) is 4.28. The summed E-state index contributed by atoms with van der Waals surface area (Å²) in [4.78, 5) is 10.6. The third-order valence-electron chi connectivity index (χ3n) is 1.68. The Morgan fingerprint density at radius 3 is 2.79 bits per heavy atom. The van der Waals surface area contributed by atoms with Crippen LogP contribution >= 0.6 is 11.6 Å². The molecule has 0 bridgehead atoms. The first-order valence-corrected chi connectivity index (χ1v) is 4.41. The normalized spacial score (nSPS) is 9.93. The SMILES string of the molecule is CCNc1c(Cl)ccc(C(=O)O)c1F. The molecule has 1 aromatic carbocycles. The number of hydrogen-bond donors (Lipinski definition) is 2. The maximum atomic E-state index is 13.4. The van der Waals surface area contributed by atoms with Crippen molar-refractivity contribution in [1.29, 1.82) is 0 Å². The lowest BCUT2D eigenvalue weighted by Gasteiger charge is -2.08. The second-order valence-electron chi connectivity index (χ2n) is 2.62. The van der Waals surface area contributed by atoms with E-state index in [0.717, 1.165) is 6.07 Å². The van der Waals surface area contributed by atoms with Crippen LogP contribution in [0, 0.1) is 5.82 Å². The maximum Gasteiger partial charge on any atom is 0.338 e. The number of rotatable bonds is 3. The molecule has 0 heterocycles. The van der Waals surface area contributed by atoms with E-state index >= 15 is 0 Å². The van der Waals surface area contributed by atoms with E-state index in [1.807, 2.05) is 0 Å². The van der Waals surface area contributed by atoms with E-state index in [0.29, 0.717) is 6.54 Å². The molecule has 14 heavy (non-hydrogen) atoms. The molecule has 0 saturated heterocycles. The van der Waals surface area contributed by atoms with Gasteiger partial charge in [-0.15, -0.1) is 0 Å². The predicted molar refractivity (Wildman–Crippen MR) is 52.5 cm³/mol. The Morgan fingerprint density at radius 2 is 2.29 bits per heavy atom. The Labute approximate surface area is 85.5 Å². The fourth-order valence-corrected chi connectivity index (χ4v) is 1.27. The Kier molecular flexibility index (Phi) is 3.30. The Morgan fingerprint density at radius 1 is 1.64 bits per heavy atom. The highest BCUT2D eigenvalue weighted by atomic mass is 35.5. The molecule has 0 aliphatic heterocycles. The van der Waals surface area contributed by atoms with Gasteiger partial charge in [-0.05, 0) is 19.1 Å². The fraction of sp³-hybridized carbons (Fsp3) is 0.222. The number of aromatic carboxylic acids is 1. The van der Waals surface area contributed by atoms with Crippen molar-refractivity contribution in [2.75, 3.05) is 11.9 Å². The molecule has 76 valence electrons. The molecule has 0 aliphatic carbocycles. The summed E-state index contributed by atoms with van der Waals surface area (Å²) in [5, 5.41) is 11.5. The van der Waals surface area contributed by atoms with E-state index in [2.05, 4.69) is 5.32 Å². The van der Waals surface area contributed by atoms with Crippen molar-refractivity contribution in [2.24, 2.45) is 0 Å². The molecule has 0 aliphatic rings. The van der Waals surface area contributed by atoms with Crippen LogP contribution < -0.4 is 5.32 Å². The highest BCUT2D eigenvalue weighted by Crippen LogP contribution is 2.27. The summed E-state index contributed by atoms with van der Waals surface area (Å²) in [6, 6.07) is 2.49. The minimum atomic E-state index is -1.31. The summed E-state index contributed by atoms with van der Waals surface area (Å²) in [5.74, 6) is -2.13. The molecule has 2 N–H and O–H groups in total. The van der Waals surface area contributed by atoms with Crippen molar-refractivity contribution in [2.45, 2.75) is 6.92 Å². The summed E-state index contributed by atoms with van der Waals surface area (Å²) in [5.41, 5.74) is -0.348. The van der Waals surface area contributed by atoms with E-state index in [-0.39, 0.29) is 16.3 Å². The first-order chi connectivity index (χ1) is 6.57. The van der Waals surface area contributed by atoms with Gasteiger partial charge in [0.25, 0.3) is 0 Å². The van der Waals surface area contributed by atoms with Gasteiger partial charge in [0, 0.05) is 6.54 Å². The van der Waals surface area contributed by atoms with Crippen molar-refractivity contribution in [1.82, 2.24) is 0 Å². The smallest absolute Gasteiger partial charge is 0.338 e. The van der Waals surface area contributed by atoms with Crippen LogP contribution in [0.25, 0.3) is 0 Å². The van der Waals surface area contributed by atoms with Gasteiger partial charge >= 0.3 is 5.97 Å². The number of carboxylic acid groups (broad SMARTS) is 1. The van der Waals surface area contributed by atoms with E-state index in [9.17, 15) is 9.18 Å². The summed E-state index contributed by atoms with van der Waals surface area (Å²) in [7, 11) is 0. The summed E-state index contributed by atoms with van der Waals surface area (Å²) < 4.78 is 13.4. The Balaban J connectivity index is 3.26. The van der Waals surface area contributed by atoms with Crippen molar-refractivity contribution < 1.29 is 14.3 Å². The molecule has 0 aromatic heterocycles. The van der Waals surface area contributed by atoms with E-state index in [4.69, 9.17) is 16.7 Å². The van der Waals surface area contributed by atoms with Crippen molar-refractivity contribution in [3.05, 3.63) is 28.5 Å². The molecule has 0 unspecified atom stereocenters. The van der Waals surface area contributed by atoms with Crippen molar-refractivity contribution >= 4 is 23.3 Å². The summed E-state index contributed by atoms with van der Waals surface area (Å²) in [6.07, 6.45) is 0. The zero-order chi connectivity index (χ0) is 10.7. The van der Waals surface area contributed by atoms with Gasteiger partial charge in [0.15, 0.2) is 5.82 Å². The van der Waals surface area contributed by atoms with Crippen LogP contribution in [0.15, 0.2) is 12.1 Å². The number of carbonyl (C=O) groups is 1. The molecule has 5 heteroatoms. The van der Waals surface area contributed by atoms with E-state index < -0.39 is 11.8 Å². The molecule has 0 radical (unpaired) electrons. The standard InChI is InChI=1S/C9H9ClFNO2/c1-2-12-8-6(10)4-3-5(7(8)11)9(13)14/h3-4,12H,2H2,1H3,(H,13,14). The number of carboxylic acids is 1. The van der Waals surface area contributed by atoms with Crippen LogP contribution in [0.3, 0.4) is 0 Å². The van der Waals surface area contributed by atoms with Crippen LogP contribution in [0.4, 0.5) is 10.1 Å². The minimum Gasteiger partial charge on any atom is -0.478 e. The molecule has 0 fully saturated rings. The molecular weight excluding hydrogens is 209 g/mol. The van der Waals surface area contributed by atoms with Crippen molar-refractivity contribution in [3.8, 4) is 0 Å². The van der Waals surface area contributed by atoms with Crippen molar-refractivity contribution in [3.63, 3.8) is 0 Å². The number of hydrogen-bond acceptors (Lipinski definition) is 2. The van der Waals surface area contributed by atoms with Gasteiger partial charge in [-0.1, -0.05) is 11.6 Å². The monoisotopic (exact) mass is 217 g/mol. The lowest BCUT2D eigenvalue weighted by Crippen LogP contribution is -2.06.